The Labute approximate surface area is 168 Å². The van der Waals surface area contributed by atoms with Crippen LogP contribution in [0.25, 0.3) is 0 Å². The van der Waals surface area contributed by atoms with Gasteiger partial charge in [0.1, 0.15) is 5.75 Å². The van der Waals surface area contributed by atoms with Crippen molar-refractivity contribution < 1.29 is 24.1 Å². The van der Waals surface area contributed by atoms with Gasteiger partial charge in [-0.05, 0) is 34.9 Å². The van der Waals surface area contributed by atoms with E-state index < -0.39 is 5.92 Å². The molecule has 0 saturated heterocycles. The maximum Gasteiger partial charge on any atom is 0.310 e. The number of esters is 1. The Morgan fingerprint density at radius 2 is 1.55 bits per heavy atom. The molecule has 3 atom stereocenters. The molecule has 146 valence electrons. The van der Waals surface area contributed by atoms with Crippen LogP contribution in [-0.4, -0.2) is 25.0 Å². The number of carbonyl (C=O) groups is 1. The Hall–Kier alpha value is -3.47. The number of para-hydroxylation sites is 1. The molecule has 0 fully saturated rings. The van der Waals surface area contributed by atoms with Crippen LogP contribution in [0.2, 0.25) is 0 Å². The van der Waals surface area contributed by atoms with E-state index in [1.54, 1.807) is 12.1 Å². The topological polar surface area (TPSA) is 65.0 Å². The monoisotopic (exact) mass is 388 g/mol. The van der Waals surface area contributed by atoms with Crippen molar-refractivity contribution in [3.8, 4) is 17.2 Å². The first-order valence-corrected chi connectivity index (χ1v) is 9.53. The quantitative estimate of drug-likeness (QED) is 0.682. The lowest BCUT2D eigenvalue weighted by Gasteiger charge is -2.24. The molecule has 0 saturated carbocycles. The Morgan fingerprint density at radius 3 is 2.28 bits per heavy atom. The summed E-state index contributed by atoms with van der Waals surface area (Å²) in [5.74, 6) is 0.199. The predicted octanol–water partition coefficient (Wildman–Crippen LogP) is 4.19. The van der Waals surface area contributed by atoms with Crippen molar-refractivity contribution in [3.05, 3.63) is 89.0 Å². The second kappa shape index (κ2) is 6.85. The smallest absolute Gasteiger partial charge is 0.310 e. The van der Waals surface area contributed by atoms with Crippen molar-refractivity contribution in [1.29, 1.82) is 0 Å². The van der Waals surface area contributed by atoms with Crippen molar-refractivity contribution in [2.75, 3.05) is 13.9 Å². The molecule has 3 aromatic rings. The molecule has 0 radical (unpaired) electrons. The lowest BCUT2D eigenvalue weighted by atomic mass is 9.79. The molecule has 0 aromatic heterocycles. The fraction of sp³-hybridized carbons (Fsp3) is 0.208. The molecule has 29 heavy (non-hydrogen) atoms. The molecule has 0 spiro atoms. The van der Waals surface area contributed by atoms with E-state index in [2.05, 4.69) is 0 Å². The van der Waals surface area contributed by atoms with Crippen LogP contribution in [0.5, 0.6) is 17.2 Å². The molecule has 1 aliphatic carbocycles. The number of ether oxygens (including phenoxy) is 3. The Morgan fingerprint density at radius 1 is 0.897 bits per heavy atom. The molecule has 5 heteroatoms. The first-order valence-electron chi connectivity index (χ1n) is 9.53. The van der Waals surface area contributed by atoms with Crippen LogP contribution in [0.1, 0.15) is 34.1 Å². The summed E-state index contributed by atoms with van der Waals surface area (Å²) < 4.78 is 16.2. The van der Waals surface area contributed by atoms with E-state index in [4.69, 9.17) is 14.2 Å². The minimum absolute atomic E-state index is 0.174. The fourth-order valence-corrected chi connectivity index (χ4v) is 4.67. The number of aromatic hydroxyl groups is 1. The van der Waals surface area contributed by atoms with Gasteiger partial charge in [-0.1, -0.05) is 48.5 Å². The van der Waals surface area contributed by atoms with Crippen LogP contribution >= 0.6 is 0 Å². The molecule has 1 heterocycles. The number of benzene rings is 3. The van der Waals surface area contributed by atoms with Gasteiger partial charge in [0.25, 0.3) is 0 Å². The second-order valence-corrected chi connectivity index (χ2v) is 7.30. The van der Waals surface area contributed by atoms with Gasteiger partial charge in [0, 0.05) is 17.4 Å². The van der Waals surface area contributed by atoms with Crippen LogP contribution in [0.3, 0.4) is 0 Å². The number of rotatable bonds is 3. The number of fused-ring (bicyclic) bond motifs is 2. The largest absolute Gasteiger partial charge is 0.508 e. The number of hydrogen-bond donors (Lipinski definition) is 1. The van der Waals surface area contributed by atoms with Crippen molar-refractivity contribution >= 4 is 5.97 Å². The fourth-order valence-electron chi connectivity index (χ4n) is 4.67. The number of hydrogen-bond acceptors (Lipinski definition) is 5. The zero-order valence-corrected chi connectivity index (χ0v) is 15.9. The predicted molar refractivity (Wildman–Crippen MR) is 106 cm³/mol. The highest BCUT2D eigenvalue weighted by molar-refractivity contribution is 5.80. The third kappa shape index (κ3) is 2.73. The molecule has 5 nitrogen and oxygen atoms in total. The van der Waals surface area contributed by atoms with E-state index in [0.29, 0.717) is 11.5 Å². The van der Waals surface area contributed by atoms with Gasteiger partial charge in [0.15, 0.2) is 11.5 Å². The van der Waals surface area contributed by atoms with E-state index in [-0.39, 0.29) is 30.3 Å². The van der Waals surface area contributed by atoms with E-state index >= 15 is 0 Å². The Kier molecular flexibility index (Phi) is 4.16. The molecule has 0 bridgehead atoms. The molecule has 0 unspecified atom stereocenters. The summed E-state index contributed by atoms with van der Waals surface area (Å²) in [7, 11) is 1.41. The maximum atomic E-state index is 13.0. The molecule has 0 amide bonds. The summed E-state index contributed by atoms with van der Waals surface area (Å²) in [5.41, 5.74) is 3.75. The van der Waals surface area contributed by atoms with Crippen LogP contribution in [0.4, 0.5) is 0 Å². The highest BCUT2D eigenvalue weighted by Gasteiger charge is 2.47. The van der Waals surface area contributed by atoms with Gasteiger partial charge in [0.05, 0.1) is 13.0 Å². The molecule has 5 rings (SSSR count). The van der Waals surface area contributed by atoms with Crippen molar-refractivity contribution in [3.63, 3.8) is 0 Å². The average molecular weight is 388 g/mol. The van der Waals surface area contributed by atoms with Crippen LogP contribution in [0.15, 0.2) is 66.7 Å². The SMILES string of the molecule is COC(=O)[C@H]1[C@H](c2ccccc2O)c2ccccc2[C@@H]1c1ccc2c(c1)OCO2. The first kappa shape index (κ1) is 17.6. The molecular weight excluding hydrogens is 368 g/mol. The van der Waals surface area contributed by atoms with Gasteiger partial charge in [-0.3, -0.25) is 4.79 Å². The third-order valence-corrected chi connectivity index (χ3v) is 5.89. The minimum Gasteiger partial charge on any atom is -0.508 e. The van der Waals surface area contributed by atoms with E-state index in [0.717, 1.165) is 22.3 Å². The Balaban J connectivity index is 1.72. The number of carbonyl (C=O) groups excluding carboxylic acids is 1. The number of phenolic OH excluding ortho intramolecular Hbond substituents is 1. The zero-order chi connectivity index (χ0) is 20.0. The minimum atomic E-state index is -0.508. The van der Waals surface area contributed by atoms with Gasteiger partial charge in [-0.15, -0.1) is 0 Å². The molecule has 1 N–H and O–H groups in total. The second-order valence-electron chi connectivity index (χ2n) is 7.30. The Bertz CT molecular complexity index is 1090. The van der Waals surface area contributed by atoms with E-state index in [1.807, 2.05) is 54.6 Å². The maximum absolute atomic E-state index is 13.0. The molecule has 3 aromatic carbocycles. The van der Waals surface area contributed by atoms with Crippen LogP contribution in [0, 0.1) is 5.92 Å². The highest BCUT2D eigenvalue weighted by atomic mass is 16.7. The van der Waals surface area contributed by atoms with Gasteiger partial charge < -0.3 is 19.3 Å². The van der Waals surface area contributed by atoms with Crippen molar-refractivity contribution in [1.82, 2.24) is 0 Å². The summed E-state index contributed by atoms with van der Waals surface area (Å²) in [6, 6.07) is 21.0. The average Bonchev–Trinajstić information content (AvgIpc) is 3.35. The summed E-state index contributed by atoms with van der Waals surface area (Å²) in [6.07, 6.45) is 0. The molecule has 2 aliphatic rings. The van der Waals surface area contributed by atoms with Gasteiger partial charge >= 0.3 is 5.97 Å². The molecular formula is C24H20O5. The third-order valence-electron chi connectivity index (χ3n) is 5.89. The highest BCUT2D eigenvalue weighted by Crippen LogP contribution is 2.55. The molecule has 1 aliphatic heterocycles. The lowest BCUT2D eigenvalue weighted by molar-refractivity contribution is -0.146. The summed E-state index contributed by atoms with van der Waals surface area (Å²) in [5, 5.41) is 10.6. The zero-order valence-electron chi connectivity index (χ0n) is 15.9. The number of methoxy groups -OCH3 is 1. The van der Waals surface area contributed by atoms with E-state index in [1.165, 1.54) is 7.11 Å². The van der Waals surface area contributed by atoms with Gasteiger partial charge in [0.2, 0.25) is 6.79 Å². The van der Waals surface area contributed by atoms with Crippen molar-refractivity contribution in [2.45, 2.75) is 11.8 Å². The summed E-state index contributed by atoms with van der Waals surface area (Å²) in [6.45, 7) is 0.195. The normalized spacial score (nSPS) is 21.6. The van der Waals surface area contributed by atoms with Gasteiger partial charge in [-0.2, -0.15) is 0 Å². The van der Waals surface area contributed by atoms with Gasteiger partial charge in [-0.25, -0.2) is 0 Å². The van der Waals surface area contributed by atoms with Crippen LogP contribution in [-0.2, 0) is 9.53 Å². The standard InChI is InChI=1S/C24H20O5/c1-27-24(26)23-21(14-10-11-19-20(12-14)29-13-28-19)15-6-2-3-7-16(15)22(23)17-8-4-5-9-18(17)25/h2-12,21-23,25H,13H2,1H3/t21-,22-,23+/m0/s1. The van der Waals surface area contributed by atoms with E-state index in [9.17, 15) is 9.90 Å². The summed E-state index contributed by atoms with van der Waals surface area (Å²) in [4.78, 5) is 13.0. The summed E-state index contributed by atoms with van der Waals surface area (Å²) >= 11 is 0. The lowest BCUT2D eigenvalue weighted by Crippen LogP contribution is -2.25. The first-order chi connectivity index (χ1) is 14.2. The number of phenols is 1. The van der Waals surface area contributed by atoms with Crippen molar-refractivity contribution in [2.24, 2.45) is 5.92 Å². The van der Waals surface area contributed by atoms with Crippen LogP contribution < -0.4 is 9.47 Å².